The van der Waals surface area contributed by atoms with Crippen molar-refractivity contribution >= 4 is 22.3 Å². The van der Waals surface area contributed by atoms with Gasteiger partial charge in [-0.1, -0.05) is 0 Å². The van der Waals surface area contributed by atoms with Gasteiger partial charge in [0.25, 0.3) is 0 Å². The quantitative estimate of drug-likeness (QED) is 0.692. The van der Waals surface area contributed by atoms with Crippen LogP contribution in [0.1, 0.15) is 12.6 Å². The number of pyridine rings is 1. The zero-order valence-electron chi connectivity index (χ0n) is 10.9. The Hall–Kier alpha value is -2.21. The Morgan fingerprint density at radius 1 is 1.40 bits per heavy atom. The van der Waals surface area contributed by atoms with Crippen molar-refractivity contribution in [1.82, 2.24) is 14.4 Å². The molecule has 0 spiro atoms. The number of thiazole rings is 1. The summed E-state index contributed by atoms with van der Waals surface area (Å²) in [6.07, 6.45) is 5.68. The van der Waals surface area contributed by atoms with E-state index in [0.717, 1.165) is 21.9 Å². The fraction of sp³-hybridized carbons (Fsp3) is 0.214. The molecular formula is C14H13N3O2S. The highest BCUT2D eigenvalue weighted by Crippen LogP contribution is 2.23. The molecule has 0 amide bonds. The van der Waals surface area contributed by atoms with E-state index in [0.29, 0.717) is 6.61 Å². The van der Waals surface area contributed by atoms with Crippen LogP contribution in [0.4, 0.5) is 0 Å². The lowest BCUT2D eigenvalue weighted by molar-refractivity contribution is -0.142. The lowest BCUT2D eigenvalue weighted by Gasteiger charge is -2.00. The van der Waals surface area contributed by atoms with E-state index in [2.05, 4.69) is 9.97 Å². The van der Waals surface area contributed by atoms with Crippen LogP contribution < -0.4 is 0 Å². The number of fused-ring (bicyclic) bond motifs is 1. The van der Waals surface area contributed by atoms with Gasteiger partial charge in [-0.25, -0.2) is 4.98 Å². The molecule has 6 heteroatoms. The average Bonchev–Trinajstić information content (AvgIpc) is 3.02. The van der Waals surface area contributed by atoms with E-state index >= 15 is 0 Å². The third kappa shape index (κ3) is 2.42. The van der Waals surface area contributed by atoms with Crippen LogP contribution in [0.25, 0.3) is 16.2 Å². The molecule has 0 aliphatic carbocycles. The maximum Gasteiger partial charge on any atom is 0.311 e. The maximum atomic E-state index is 11.6. The molecular weight excluding hydrogens is 274 g/mol. The summed E-state index contributed by atoms with van der Waals surface area (Å²) in [4.78, 5) is 21.0. The van der Waals surface area contributed by atoms with Gasteiger partial charge in [0, 0.05) is 35.2 Å². The molecule has 0 aliphatic rings. The average molecular weight is 287 g/mol. The summed E-state index contributed by atoms with van der Waals surface area (Å²) < 4.78 is 6.92. The Kier molecular flexibility index (Phi) is 3.47. The van der Waals surface area contributed by atoms with Crippen LogP contribution in [0, 0.1) is 0 Å². The lowest BCUT2D eigenvalue weighted by atomic mass is 10.2. The molecule has 0 bridgehead atoms. The number of hydrogen-bond donors (Lipinski definition) is 0. The number of imidazole rings is 1. The maximum absolute atomic E-state index is 11.6. The number of esters is 1. The molecule has 0 saturated heterocycles. The predicted molar refractivity (Wildman–Crippen MR) is 76.6 cm³/mol. The minimum Gasteiger partial charge on any atom is -0.466 e. The van der Waals surface area contributed by atoms with Crippen LogP contribution >= 0.6 is 11.3 Å². The highest BCUT2D eigenvalue weighted by molar-refractivity contribution is 7.15. The Bertz CT molecular complexity index is 733. The molecule has 0 aliphatic heterocycles. The first-order valence-corrected chi connectivity index (χ1v) is 7.17. The largest absolute Gasteiger partial charge is 0.466 e. The van der Waals surface area contributed by atoms with Gasteiger partial charge in [0.15, 0.2) is 4.96 Å². The summed E-state index contributed by atoms with van der Waals surface area (Å²) in [6, 6.07) is 3.83. The normalized spacial score (nSPS) is 10.8. The zero-order chi connectivity index (χ0) is 13.9. The molecule has 102 valence electrons. The molecule has 0 atom stereocenters. The smallest absolute Gasteiger partial charge is 0.311 e. The van der Waals surface area contributed by atoms with Crippen molar-refractivity contribution in [3.63, 3.8) is 0 Å². The number of rotatable bonds is 4. The minimum atomic E-state index is -0.216. The monoisotopic (exact) mass is 287 g/mol. The molecule has 5 nitrogen and oxygen atoms in total. The number of carbonyl (C=O) groups excluding carboxylic acids is 1. The molecule has 3 aromatic rings. The van der Waals surface area contributed by atoms with Gasteiger partial charge >= 0.3 is 5.97 Å². The Labute approximate surface area is 119 Å². The van der Waals surface area contributed by atoms with Crippen LogP contribution in [0.2, 0.25) is 0 Å². The molecule has 3 heterocycles. The Balaban J connectivity index is 1.93. The first-order chi connectivity index (χ1) is 9.78. The van der Waals surface area contributed by atoms with Crippen LogP contribution in [-0.4, -0.2) is 26.9 Å². The fourth-order valence-corrected chi connectivity index (χ4v) is 2.85. The first-order valence-electron chi connectivity index (χ1n) is 6.29. The number of carbonyl (C=O) groups is 1. The fourth-order valence-electron chi connectivity index (χ4n) is 1.98. The van der Waals surface area contributed by atoms with Crippen molar-refractivity contribution in [3.8, 4) is 11.3 Å². The van der Waals surface area contributed by atoms with Gasteiger partial charge in [-0.2, -0.15) is 0 Å². The van der Waals surface area contributed by atoms with Crippen molar-refractivity contribution in [3.05, 3.63) is 41.8 Å². The van der Waals surface area contributed by atoms with E-state index in [9.17, 15) is 4.79 Å². The van der Waals surface area contributed by atoms with Gasteiger partial charge in [0.05, 0.1) is 18.7 Å². The number of aromatic nitrogens is 3. The second-order valence-corrected chi connectivity index (χ2v) is 5.06. The molecule has 3 rings (SSSR count). The predicted octanol–water partition coefficient (Wildman–Crippen LogP) is 2.56. The van der Waals surface area contributed by atoms with E-state index in [1.165, 1.54) is 11.3 Å². The molecule has 0 aromatic carbocycles. The van der Waals surface area contributed by atoms with Gasteiger partial charge in [-0.05, 0) is 19.1 Å². The van der Waals surface area contributed by atoms with Gasteiger partial charge in [-0.15, -0.1) is 11.3 Å². The molecule has 0 fully saturated rings. The summed E-state index contributed by atoms with van der Waals surface area (Å²) in [5.74, 6) is -0.216. The van der Waals surface area contributed by atoms with Crippen LogP contribution in [0.5, 0.6) is 0 Å². The van der Waals surface area contributed by atoms with E-state index in [1.807, 2.05) is 28.1 Å². The summed E-state index contributed by atoms with van der Waals surface area (Å²) in [5.41, 5.74) is 2.79. The van der Waals surface area contributed by atoms with E-state index in [-0.39, 0.29) is 12.4 Å². The topological polar surface area (TPSA) is 56.5 Å². The number of hydrogen-bond acceptors (Lipinski definition) is 5. The SMILES string of the molecule is CCOC(=O)Cc1csc2nc(-c3ccncc3)cn12. The second-order valence-electron chi connectivity index (χ2n) is 4.22. The summed E-state index contributed by atoms with van der Waals surface area (Å²) in [7, 11) is 0. The van der Waals surface area contributed by atoms with Gasteiger partial charge < -0.3 is 4.74 Å². The van der Waals surface area contributed by atoms with Crippen LogP contribution in [-0.2, 0) is 16.0 Å². The Morgan fingerprint density at radius 3 is 2.95 bits per heavy atom. The lowest BCUT2D eigenvalue weighted by Crippen LogP contribution is -2.08. The minimum absolute atomic E-state index is 0.216. The summed E-state index contributed by atoms with van der Waals surface area (Å²) in [5, 5.41) is 1.94. The van der Waals surface area contributed by atoms with E-state index < -0.39 is 0 Å². The number of nitrogens with zero attached hydrogens (tertiary/aromatic N) is 3. The molecule has 3 aromatic heterocycles. The second kappa shape index (κ2) is 5.42. The van der Waals surface area contributed by atoms with Crippen molar-refractivity contribution in [2.24, 2.45) is 0 Å². The molecule has 20 heavy (non-hydrogen) atoms. The van der Waals surface area contributed by atoms with Crippen LogP contribution in [0.15, 0.2) is 36.1 Å². The van der Waals surface area contributed by atoms with Gasteiger partial charge in [0.1, 0.15) is 0 Å². The molecule has 0 N–H and O–H groups in total. The summed E-state index contributed by atoms with van der Waals surface area (Å²) >= 11 is 1.52. The highest BCUT2D eigenvalue weighted by Gasteiger charge is 2.12. The van der Waals surface area contributed by atoms with Crippen molar-refractivity contribution < 1.29 is 9.53 Å². The van der Waals surface area contributed by atoms with Gasteiger partial charge in [-0.3, -0.25) is 14.2 Å². The van der Waals surface area contributed by atoms with Gasteiger partial charge in [0.2, 0.25) is 0 Å². The summed E-state index contributed by atoms with van der Waals surface area (Å²) in [6.45, 7) is 2.21. The van der Waals surface area contributed by atoms with E-state index in [1.54, 1.807) is 19.3 Å². The zero-order valence-corrected chi connectivity index (χ0v) is 11.8. The third-order valence-corrected chi connectivity index (χ3v) is 3.78. The first kappa shape index (κ1) is 12.8. The molecule has 0 unspecified atom stereocenters. The molecule has 0 saturated carbocycles. The number of ether oxygens (including phenoxy) is 1. The standard InChI is InChI=1S/C14H13N3O2S/c1-2-19-13(18)7-11-9-20-14-16-12(8-17(11)14)10-3-5-15-6-4-10/h3-6,8-9H,2,7H2,1H3. The van der Waals surface area contributed by atoms with Crippen molar-refractivity contribution in [2.75, 3.05) is 6.61 Å². The van der Waals surface area contributed by atoms with Crippen molar-refractivity contribution in [2.45, 2.75) is 13.3 Å². The highest BCUT2D eigenvalue weighted by atomic mass is 32.1. The van der Waals surface area contributed by atoms with Crippen LogP contribution in [0.3, 0.4) is 0 Å². The third-order valence-electron chi connectivity index (χ3n) is 2.89. The van der Waals surface area contributed by atoms with E-state index in [4.69, 9.17) is 4.74 Å². The molecule has 0 radical (unpaired) electrons. The Morgan fingerprint density at radius 2 is 2.20 bits per heavy atom. The van der Waals surface area contributed by atoms with Crippen molar-refractivity contribution in [1.29, 1.82) is 0 Å².